The van der Waals surface area contributed by atoms with Crippen LogP contribution in [0.2, 0.25) is 0 Å². The highest BCUT2D eigenvalue weighted by molar-refractivity contribution is 5.97. The molecule has 0 bridgehead atoms. The van der Waals surface area contributed by atoms with Crippen molar-refractivity contribution < 1.29 is 33.7 Å². The summed E-state index contributed by atoms with van der Waals surface area (Å²) in [5.41, 5.74) is 0.348. The largest absolute Gasteiger partial charge is 0.481 e. The first kappa shape index (κ1) is 17.0. The lowest BCUT2D eigenvalue weighted by Gasteiger charge is -2.34. The summed E-state index contributed by atoms with van der Waals surface area (Å²) in [7, 11) is 0. The zero-order valence-electron chi connectivity index (χ0n) is 13.4. The van der Waals surface area contributed by atoms with Crippen molar-refractivity contribution in [3.05, 3.63) is 23.8 Å². The minimum Gasteiger partial charge on any atom is -0.481 e. The summed E-state index contributed by atoms with van der Waals surface area (Å²) in [5, 5.41) is 11.5. The molecule has 2 N–H and O–H groups in total. The molecule has 2 amide bonds. The van der Waals surface area contributed by atoms with Crippen molar-refractivity contribution in [3.63, 3.8) is 0 Å². The normalized spacial score (nSPS) is 18.7. The quantitative estimate of drug-likeness (QED) is 0.759. The van der Waals surface area contributed by atoms with Gasteiger partial charge >= 0.3 is 5.97 Å². The average Bonchev–Trinajstić information content (AvgIpc) is 3.07. The summed E-state index contributed by atoms with van der Waals surface area (Å²) in [6, 6.07) is 4.23. The molecule has 9 nitrogen and oxygen atoms in total. The van der Waals surface area contributed by atoms with E-state index in [2.05, 4.69) is 5.32 Å². The summed E-state index contributed by atoms with van der Waals surface area (Å²) >= 11 is 0. The van der Waals surface area contributed by atoms with E-state index in [0.717, 1.165) is 0 Å². The number of fused-ring (bicyclic) bond motifs is 1. The number of morpholine rings is 1. The van der Waals surface area contributed by atoms with Crippen molar-refractivity contribution in [2.45, 2.75) is 12.5 Å². The minimum atomic E-state index is -1.00. The van der Waals surface area contributed by atoms with Crippen molar-refractivity contribution in [3.8, 4) is 11.5 Å². The Hall–Kier alpha value is -2.81. The zero-order chi connectivity index (χ0) is 17.8. The lowest BCUT2D eigenvalue weighted by molar-refractivity contribution is -0.145. The number of hydrogen-bond donors (Lipinski definition) is 2. The third kappa shape index (κ3) is 4.00. The SMILES string of the molecule is O=C(O)CC1COCCN1C(=O)CNC(=O)c1ccc2c(c1)OCO2. The number of hydrogen-bond acceptors (Lipinski definition) is 6. The Labute approximate surface area is 143 Å². The van der Waals surface area contributed by atoms with Gasteiger partial charge in [-0.2, -0.15) is 0 Å². The van der Waals surface area contributed by atoms with Gasteiger partial charge in [0.05, 0.1) is 32.2 Å². The van der Waals surface area contributed by atoms with E-state index in [1.807, 2.05) is 0 Å². The summed E-state index contributed by atoms with van der Waals surface area (Å²) < 4.78 is 15.6. The number of benzene rings is 1. The van der Waals surface area contributed by atoms with Crippen molar-refractivity contribution in [2.75, 3.05) is 33.1 Å². The molecule has 0 saturated carbocycles. The molecule has 1 saturated heterocycles. The number of nitrogens with zero attached hydrogens (tertiary/aromatic N) is 1. The molecule has 1 unspecified atom stereocenters. The van der Waals surface area contributed by atoms with Gasteiger partial charge < -0.3 is 29.5 Å². The third-order valence-corrected chi connectivity index (χ3v) is 3.99. The summed E-state index contributed by atoms with van der Waals surface area (Å²) in [6.07, 6.45) is -0.193. The van der Waals surface area contributed by atoms with Crippen LogP contribution in [0.1, 0.15) is 16.8 Å². The van der Waals surface area contributed by atoms with Gasteiger partial charge in [-0.25, -0.2) is 0 Å². The van der Waals surface area contributed by atoms with Gasteiger partial charge in [0.25, 0.3) is 5.91 Å². The van der Waals surface area contributed by atoms with Gasteiger partial charge in [0.15, 0.2) is 11.5 Å². The Kier molecular flexibility index (Phi) is 5.03. The van der Waals surface area contributed by atoms with Crippen LogP contribution in [0, 0.1) is 0 Å². The summed E-state index contributed by atoms with van der Waals surface area (Å²) in [6.45, 7) is 0.715. The monoisotopic (exact) mass is 350 g/mol. The van der Waals surface area contributed by atoms with Crippen LogP contribution in [0.3, 0.4) is 0 Å². The smallest absolute Gasteiger partial charge is 0.305 e. The predicted molar refractivity (Wildman–Crippen MR) is 83.5 cm³/mol. The number of ether oxygens (including phenoxy) is 3. The van der Waals surface area contributed by atoms with Crippen LogP contribution < -0.4 is 14.8 Å². The fourth-order valence-corrected chi connectivity index (χ4v) is 2.75. The molecule has 1 atom stereocenters. The molecule has 25 heavy (non-hydrogen) atoms. The molecular weight excluding hydrogens is 332 g/mol. The highest BCUT2D eigenvalue weighted by Crippen LogP contribution is 2.32. The van der Waals surface area contributed by atoms with Gasteiger partial charge in [-0.15, -0.1) is 0 Å². The van der Waals surface area contributed by atoms with Crippen LogP contribution in [-0.4, -0.2) is 66.9 Å². The summed E-state index contributed by atoms with van der Waals surface area (Å²) in [5.74, 6) is -0.720. The molecule has 2 aliphatic heterocycles. The van der Waals surface area contributed by atoms with E-state index in [1.165, 1.54) is 4.90 Å². The second kappa shape index (κ2) is 7.39. The second-order valence-corrected chi connectivity index (χ2v) is 5.66. The molecule has 0 aliphatic carbocycles. The number of rotatable bonds is 5. The Morgan fingerprint density at radius 2 is 2.04 bits per heavy atom. The van der Waals surface area contributed by atoms with Gasteiger partial charge in [0.2, 0.25) is 12.7 Å². The molecule has 1 fully saturated rings. The minimum absolute atomic E-state index is 0.112. The van der Waals surface area contributed by atoms with Gasteiger partial charge in [-0.1, -0.05) is 0 Å². The van der Waals surface area contributed by atoms with E-state index >= 15 is 0 Å². The van der Waals surface area contributed by atoms with E-state index in [4.69, 9.17) is 19.3 Å². The van der Waals surface area contributed by atoms with Crippen LogP contribution in [0.15, 0.2) is 18.2 Å². The Morgan fingerprint density at radius 1 is 1.24 bits per heavy atom. The first-order chi connectivity index (χ1) is 12.0. The number of carbonyl (C=O) groups is 3. The fourth-order valence-electron chi connectivity index (χ4n) is 2.75. The van der Waals surface area contributed by atoms with Gasteiger partial charge in [0.1, 0.15) is 0 Å². The number of carbonyl (C=O) groups excluding carboxylic acids is 2. The average molecular weight is 350 g/mol. The van der Waals surface area contributed by atoms with Crippen LogP contribution in [0.4, 0.5) is 0 Å². The van der Waals surface area contributed by atoms with Crippen molar-refractivity contribution in [2.24, 2.45) is 0 Å². The Morgan fingerprint density at radius 3 is 2.84 bits per heavy atom. The molecule has 134 valence electrons. The molecule has 9 heteroatoms. The maximum Gasteiger partial charge on any atom is 0.305 e. The van der Waals surface area contributed by atoms with E-state index in [0.29, 0.717) is 30.2 Å². The third-order valence-electron chi connectivity index (χ3n) is 3.99. The maximum absolute atomic E-state index is 12.3. The molecule has 0 aromatic heterocycles. The topological polar surface area (TPSA) is 114 Å². The van der Waals surface area contributed by atoms with Gasteiger partial charge in [-0.05, 0) is 18.2 Å². The van der Waals surface area contributed by atoms with Crippen LogP contribution in [0.5, 0.6) is 11.5 Å². The Balaban J connectivity index is 1.57. The highest BCUT2D eigenvalue weighted by Gasteiger charge is 2.29. The van der Waals surface area contributed by atoms with E-state index in [1.54, 1.807) is 18.2 Å². The first-order valence-electron chi connectivity index (χ1n) is 7.81. The van der Waals surface area contributed by atoms with Crippen molar-refractivity contribution in [1.82, 2.24) is 10.2 Å². The van der Waals surface area contributed by atoms with Crippen LogP contribution in [-0.2, 0) is 14.3 Å². The van der Waals surface area contributed by atoms with E-state index in [9.17, 15) is 14.4 Å². The maximum atomic E-state index is 12.3. The highest BCUT2D eigenvalue weighted by atomic mass is 16.7. The molecule has 0 spiro atoms. The zero-order valence-corrected chi connectivity index (χ0v) is 13.4. The van der Waals surface area contributed by atoms with Gasteiger partial charge in [-0.3, -0.25) is 14.4 Å². The standard InChI is InChI=1S/C16H18N2O7/c19-14(18-3-4-23-8-11(18)6-15(20)21)7-17-16(22)10-1-2-12-13(5-10)25-9-24-12/h1-2,5,11H,3-4,6-9H2,(H,17,22)(H,20,21). The van der Waals surface area contributed by atoms with Crippen LogP contribution >= 0.6 is 0 Å². The van der Waals surface area contributed by atoms with Crippen molar-refractivity contribution >= 4 is 17.8 Å². The fraction of sp³-hybridized carbons (Fsp3) is 0.438. The molecule has 1 aromatic rings. The predicted octanol–water partition coefficient (Wildman–Crippen LogP) is -0.153. The molecule has 2 heterocycles. The van der Waals surface area contributed by atoms with Gasteiger partial charge in [0, 0.05) is 12.1 Å². The molecule has 1 aromatic carbocycles. The number of amides is 2. The van der Waals surface area contributed by atoms with Crippen molar-refractivity contribution in [1.29, 1.82) is 0 Å². The number of nitrogens with one attached hydrogen (secondary N) is 1. The summed E-state index contributed by atoms with van der Waals surface area (Å²) in [4.78, 5) is 36.9. The number of aliphatic carboxylic acids is 1. The number of carboxylic acids is 1. The number of carboxylic acid groups (broad SMARTS) is 1. The second-order valence-electron chi connectivity index (χ2n) is 5.66. The van der Waals surface area contributed by atoms with E-state index < -0.39 is 17.9 Å². The molecule has 3 rings (SSSR count). The van der Waals surface area contributed by atoms with Crippen LogP contribution in [0.25, 0.3) is 0 Å². The molecular formula is C16H18N2O7. The van der Waals surface area contributed by atoms with E-state index in [-0.39, 0.29) is 32.3 Å². The Bertz CT molecular complexity index is 691. The lowest BCUT2D eigenvalue weighted by atomic mass is 10.1. The first-order valence-corrected chi connectivity index (χ1v) is 7.81. The lowest BCUT2D eigenvalue weighted by Crippen LogP contribution is -2.52. The molecule has 0 radical (unpaired) electrons. The molecule has 2 aliphatic rings.